The molecule has 1 aromatic heterocycles. The molecule has 0 atom stereocenters. The number of anilines is 3. The summed E-state index contributed by atoms with van der Waals surface area (Å²) in [7, 11) is 0. The largest absolute Gasteiger partial charge is 0.383 e. The molecule has 0 unspecified atom stereocenters. The number of hydrogen-bond donors (Lipinski definition) is 2. The summed E-state index contributed by atoms with van der Waals surface area (Å²) in [6.07, 6.45) is 2.23. The Morgan fingerprint density at radius 2 is 2.17 bits per heavy atom. The molecule has 3 N–H and O–H groups in total. The van der Waals surface area contributed by atoms with Crippen molar-refractivity contribution in [2.24, 2.45) is 0 Å². The Hall–Kier alpha value is -1.08. The van der Waals surface area contributed by atoms with E-state index in [4.69, 9.17) is 17.3 Å². The van der Waals surface area contributed by atoms with Crippen molar-refractivity contribution in [3.8, 4) is 0 Å². The van der Waals surface area contributed by atoms with E-state index < -0.39 is 0 Å². The highest BCUT2D eigenvalue weighted by molar-refractivity contribution is 14.1. The molecular formula is C12H12ClIN4. The first-order valence-electron chi connectivity index (χ1n) is 5.43. The molecule has 4 nitrogen and oxygen atoms in total. The van der Waals surface area contributed by atoms with Gasteiger partial charge in [-0.15, -0.1) is 0 Å². The Balaban J connectivity index is 2.37. The van der Waals surface area contributed by atoms with Crippen LogP contribution in [0, 0.1) is 3.57 Å². The van der Waals surface area contributed by atoms with Crippen molar-refractivity contribution in [3.05, 3.63) is 38.7 Å². The van der Waals surface area contributed by atoms with Crippen molar-refractivity contribution in [2.45, 2.75) is 13.3 Å². The quantitative estimate of drug-likeness (QED) is 0.806. The number of nitrogens with zero attached hydrogens (tertiary/aromatic N) is 2. The van der Waals surface area contributed by atoms with Gasteiger partial charge in [0.2, 0.25) is 0 Å². The van der Waals surface area contributed by atoms with Crippen LogP contribution in [-0.2, 0) is 6.42 Å². The minimum Gasteiger partial charge on any atom is -0.383 e. The first-order valence-corrected chi connectivity index (χ1v) is 6.89. The van der Waals surface area contributed by atoms with Gasteiger partial charge in [-0.25, -0.2) is 9.97 Å². The van der Waals surface area contributed by atoms with Crippen molar-refractivity contribution in [2.75, 3.05) is 11.1 Å². The molecule has 0 saturated heterocycles. The minimum absolute atomic E-state index is 0.513. The Bertz CT molecular complexity index is 574. The molecule has 0 radical (unpaired) electrons. The van der Waals surface area contributed by atoms with Gasteiger partial charge in [0, 0.05) is 14.2 Å². The first-order chi connectivity index (χ1) is 8.61. The fourth-order valence-corrected chi connectivity index (χ4v) is 2.61. The van der Waals surface area contributed by atoms with E-state index >= 15 is 0 Å². The minimum atomic E-state index is 0.513. The third-order valence-electron chi connectivity index (χ3n) is 2.52. The van der Waals surface area contributed by atoms with E-state index in [9.17, 15) is 0 Å². The number of nitrogen functional groups attached to an aromatic ring is 1. The van der Waals surface area contributed by atoms with E-state index in [2.05, 4.69) is 37.9 Å². The van der Waals surface area contributed by atoms with Gasteiger partial charge in [0.15, 0.2) is 0 Å². The lowest BCUT2D eigenvalue weighted by atomic mass is 10.2. The molecule has 2 rings (SSSR count). The van der Waals surface area contributed by atoms with Crippen molar-refractivity contribution >= 4 is 51.5 Å². The first kappa shape index (κ1) is 13.4. The van der Waals surface area contributed by atoms with Gasteiger partial charge >= 0.3 is 0 Å². The molecule has 6 heteroatoms. The van der Waals surface area contributed by atoms with E-state index in [0.717, 1.165) is 27.1 Å². The monoisotopic (exact) mass is 374 g/mol. The van der Waals surface area contributed by atoms with Crippen LogP contribution in [-0.4, -0.2) is 9.97 Å². The Morgan fingerprint density at radius 1 is 1.39 bits per heavy atom. The predicted octanol–water partition coefficient (Wildman–Crippen LogP) is 3.62. The number of hydrogen-bond acceptors (Lipinski definition) is 4. The van der Waals surface area contributed by atoms with Crippen molar-refractivity contribution < 1.29 is 0 Å². The molecule has 0 bridgehead atoms. The van der Waals surface area contributed by atoms with Crippen LogP contribution < -0.4 is 11.1 Å². The van der Waals surface area contributed by atoms with Crippen molar-refractivity contribution in [1.82, 2.24) is 9.97 Å². The maximum Gasteiger partial charge on any atom is 0.139 e. The molecule has 0 aliphatic heterocycles. The smallest absolute Gasteiger partial charge is 0.139 e. The summed E-state index contributed by atoms with van der Waals surface area (Å²) in [5, 5.41) is 3.97. The number of nitrogens with two attached hydrogens (primary N) is 1. The Morgan fingerprint density at radius 3 is 2.83 bits per heavy atom. The second-order valence-electron chi connectivity index (χ2n) is 3.69. The van der Waals surface area contributed by atoms with E-state index in [1.807, 2.05) is 25.1 Å². The van der Waals surface area contributed by atoms with Gasteiger partial charge in [-0.05, 0) is 47.2 Å². The maximum absolute atomic E-state index is 5.93. The molecule has 0 aliphatic carbocycles. The van der Waals surface area contributed by atoms with Crippen LogP contribution in [0.25, 0.3) is 0 Å². The number of rotatable bonds is 3. The second-order valence-corrected chi connectivity index (χ2v) is 5.29. The van der Waals surface area contributed by atoms with Gasteiger partial charge in [0.1, 0.15) is 18.0 Å². The summed E-state index contributed by atoms with van der Waals surface area (Å²) in [4.78, 5) is 8.22. The van der Waals surface area contributed by atoms with E-state index in [1.165, 1.54) is 6.33 Å². The fourth-order valence-electron chi connectivity index (χ4n) is 1.60. The van der Waals surface area contributed by atoms with E-state index in [1.54, 1.807) is 0 Å². The lowest BCUT2D eigenvalue weighted by Crippen LogP contribution is -2.05. The van der Waals surface area contributed by atoms with Crippen LogP contribution in [0.3, 0.4) is 0 Å². The predicted molar refractivity (Wildman–Crippen MR) is 83.3 cm³/mol. The molecule has 1 heterocycles. The molecule has 2 aromatic rings. The number of aromatic nitrogens is 2. The van der Waals surface area contributed by atoms with Crippen LogP contribution in [0.15, 0.2) is 24.5 Å². The summed E-state index contributed by atoms with van der Waals surface area (Å²) in [6, 6.07) is 5.64. The summed E-state index contributed by atoms with van der Waals surface area (Å²) < 4.78 is 1.03. The van der Waals surface area contributed by atoms with Crippen molar-refractivity contribution in [3.63, 3.8) is 0 Å². The van der Waals surface area contributed by atoms with Gasteiger partial charge in [-0.3, -0.25) is 0 Å². The normalized spacial score (nSPS) is 10.4. The molecule has 94 valence electrons. The molecule has 0 aliphatic rings. The van der Waals surface area contributed by atoms with Crippen LogP contribution >= 0.6 is 34.2 Å². The molecule has 18 heavy (non-hydrogen) atoms. The lowest BCUT2D eigenvalue weighted by Gasteiger charge is -2.12. The molecule has 0 amide bonds. The second kappa shape index (κ2) is 5.71. The third kappa shape index (κ3) is 2.84. The van der Waals surface area contributed by atoms with E-state index in [-0.39, 0.29) is 0 Å². The summed E-state index contributed by atoms with van der Waals surface area (Å²) in [5.74, 6) is 1.25. The van der Waals surface area contributed by atoms with Gasteiger partial charge in [-0.1, -0.05) is 18.5 Å². The molecule has 0 saturated carbocycles. The van der Waals surface area contributed by atoms with Gasteiger partial charge in [0.25, 0.3) is 0 Å². The van der Waals surface area contributed by atoms with Gasteiger partial charge in [0.05, 0.1) is 5.69 Å². The third-order valence-corrected chi connectivity index (χ3v) is 3.64. The summed E-state index contributed by atoms with van der Waals surface area (Å²) in [5.41, 5.74) is 7.70. The standard InChI is InChI=1S/C12H12ClIN4/c1-2-8-11(15)16-6-17-12(8)18-10-4-3-7(13)5-9(10)14/h3-6H,2H2,1H3,(H3,15,16,17,18). The zero-order chi connectivity index (χ0) is 13.1. The molecule has 0 fully saturated rings. The zero-order valence-corrected chi connectivity index (χ0v) is 12.7. The molecular weight excluding hydrogens is 363 g/mol. The van der Waals surface area contributed by atoms with Crippen LogP contribution in [0.2, 0.25) is 5.02 Å². The molecule has 1 aromatic carbocycles. The van der Waals surface area contributed by atoms with Gasteiger partial charge < -0.3 is 11.1 Å². The zero-order valence-electron chi connectivity index (χ0n) is 9.74. The number of nitrogens with one attached hydrogen (secondary N) is 1. The maximum atomic E-state index is 5.93. The summed E-state index contributed by atoms with van der Waals surface area (Å²) in [6.45, 7) is 2.02. The van der Waals surface area contributed by atoms with E-state index in [0.29, 0.717) is 10.8 Å². The Kier molecular flexibility index (Phi) is 4.23. The SMILES string of the molecule is CCc1c(N)ncnc1Nc1ccc(Cl)cc1I. The Labute approximate surface area is 124 Å². The summed E-state index contributed by atoms with van der Waals surface area (Å²) >= 11 is 8.15. The van der Waals surface area contributed by atoms with Crippen LogP contribution in [0.5, 0.6) is 0 Å². The average molecular weight is 375 g/mol. The van der Waals surface area contributed by atoms with Crippen molar-refractivity contribution in [1.29, 1.82) is 0 Å². The van der Waals surface area contributed by atoms with Crippen LogP contribution in [0.4, 0.5) is 17.3 Å². The highest BCUT2D eigenvalue weighted by atomic mass is 127. The van der Waals surface area contributed by atoms with Crippen LogP contribution in [0.1, 0.15) is 12.5 Å². The average Bonchev–Trinajstić information content (AvgIpc) is 2.33. The fraction of sp³-hybridized carbons (Fsp3) is 0.167. The number of benzene rings is 1. The topological polar surface area (TPSA) is 63.8 Å². The molecule has 0 spiro atoms. The highest BCUT2D eigenvalue weighted by Crippen LogP contribution is 2.27. The lowest BCUT2D eigenvalue weighted by molar-refractivity contribution is 1.06. The highest BCUT2D eigenvalue weighted by Gasteiger charge is 2.09. The van der Waals surface area contributed by atoms with Gasteiger partial charge in [-0.2, -0.15) is 0 Å². The number of halogens is 2.